The molecule has 7 nitrogen and oxygen atoms in total. The van der Waals surface area contributed by atoms with Crippen molar-refractivity contribution >= 4 is 28.6 Å². The van der Waals surface area contributed by atoms with Gasteiger partial charge in [0.2, 0.25) is 0 Å². The molecule has 164 valence electrons. The van der Waals surface area contributed by atoms with Crippen LogP contribution < -0.4 is 5.32 Å². The van der Waals surface area contributed by atoms with Crippen LogP contribution in [0.4, 0.5) is 0 Å². The molecule has 1 atom stereocenters. The molecule has 0 unspecified atom stereocenters. The van der Waals surface area contributed by atoms with Crippen molar-refractivity contribution in [2.75, 3.05) is 13.1 Å². The van der Waals surface area contributed by atoms with E-state index >= 15 is 0 Å². The highest BCUT2D eigenvalue weighted by Crippen LogP contribution is 2.39. The number of aryl methyl sites for hydroxylation is 2. The van der Waals surface area contributed by atoms with Crippen LogP contribution in [0, 0.1) is 20.8 Å². The lowest BCUT2D eigenvalue weighted by molar-refractivity contribution is -0.137. The lowest BCUT2D eigenvalue weighted by atomic mass is 9.95. The SMILES string of the molecule is Cc1sc2c(c1C)C(c1ccc(C3=CCNCC3)cc1)=N[C@@H](CC(=O)O)c1nnc(C)n1-2. The van der Waals surface area contributed by atoms with Crippen molar-refractivity contribution in [2.24, 2.45) is 4.99 Å². The number of rotatable bonds is 4. The van der Waals surface area contributed by atoms with Crippen LogP contribution in [0.15, 0.2) is 35.3 Å². The van der Waals surface area contributed by atoms with E-state index in [0.717, 1.165) is 52.7 Å². The highest BCUT2D eigenvalue weighted by molar-refractivity contribution is 7.15. The summed E-state index contributed by atoms with van der Waals surface area (Å²) in [7, 11) is 0. The van der Waals surface area contributed by atoms with Gasteiger partial charge >= 0.3 is 5.97 Å². The van der Waals surface area contributed by atoms with Crippen molar-refractivity contribution in [1.29, 1.82) is 0 Å². The lowest BCUT2D eigenvalue weighted by Crippen LogP contribution is -2.20. The largest absolute Gasteiger partial charge is 0.481 e. The maximum atomic E-state index is 11.7. The zero-order valence-corrected chi connectivity index (χ0v) is 19.2. The molecule has 1 aromatic carbocycles. The van der Waals surface area contributed by atoms with Crippen LogP contribution in [-0.4, -0.2) is 44.6 Å². The summed E-state index contributed by atoms with van der Waals surface area (Å²) < 4.78 is 1.98. The van der Waals surface area contributed by atoms with Gasteiger partial charge in [0.15, 0.2) is 5.82 Å². The molecule has 0 radical (unpaired) electrons. The Morgan fingerprint density at radius 1 is 1.19 bits per heavy atom. The van der Waals surface area contributed by atoms with Gasteiger partial charge in [-0.15, -0.1) is 21.5 Å². The van der Waals surface area contributed by atoms with Crippen LogP contribution in [0.1, 0.15) is 57.7 Å². The minimum atomic E-state index is -0.906. The zero-order chi connectivity index (χ0) is 22.4. The van der Waals surface area contributed by atoms with E-state index in [1.807, 2.05) is 11.5 Å². The molecule has 2 aliphatic rings. The number of carboxylic acids is 1. The maximum absolute atomic E-state index is 11.7. The highest BCUT2D eigenvalue weighted by Gasteiger charge is 2.32. The number of benzene rings is 1. The number of nitrogens with one attached hydrogen (secondary N) is 1. The number of aliphatic imine (C=N–C) groups is 1. The Hall–Kier alpha value is -3.10. The summed E-state index contributed by atoms with van der Waals surface area (Å²) in [6, 6.07) is 7.89. The van der Waals surface area contributed by atoms with E-state index in [-0.39, 0.29) is 6.42 Å². The molecule has 2 aromatic heterocycles. The molecular formula is C24H25N5O2S. The number of carbonyl (C=O) groups is 1. The Morgan fingerprint density at radius 2 is 1.94 bits per heavy atom. The van der Waals surface area contributed by atoms with Crippen LogP contribution in [0.25, 0.3) is 10.6 Å². The minimum Gasteiger partial charge on any atom is -0.481 e. The molecule has 0 aliphatic carbocycles. The highest BCUT2D eigenvalue weighted by atomic mass is 32.1. The summed E-state index contributed by atoms with van der Waals surface area (Å²) in [6.07, 6.45) is 3.12. The first-order chi connectivity index (χ1) is 15.4. The van der Waals surface area contributed by atoms with Crippen LogP contribution >= 0.6 is 11.3 Å². The molecular weight excluding hydrogens is 422 g/mol. The van der Waals surface area contributed by atoms with Crippen LogP contribution in [-0.2, 0) is 4.79 Å². The zero-order valence-electron chi connectivity index (χ0n) is 18.3. The van der Waals surface area contributed by atoms with E-state index in [0.29, 0.717) is 5.82 Å². The average Bonchev–Trinajstić information content (AvgIpc) is 3.26. The van der Waals surface area contributed by atoms with Crippen molar-refractivity contribution in [3.63, 3.8) is 0 Å². The van der Waals surface area contributed by atoms with Gasteiger partial charge in [0.25, 0.3) is 0 Å². The Morgan fingerprint density at radius 3 is 2.62 bits per heavy atom. The van der Waals surface area contributed by atoms with Gasteiger partial charge in [0.1, 0.15) is 16.9 Å². The Bertz CT molecular complexity index is 1270. The van der Waals surface area contributed by atoms with Crippen molar-refractivity contribution in [3.05, 3.63) is 69.1 Å². The fraction of sp³-hybridized carbons (Fsp3) is 0.333. The number of carboxylic acid groups (broad SMARTS) is 1. The minimum absolute atomic E-state index is 0.132. The van der Waals surface area contributed by atoms with Crippen molar-refractivity contribution in [1.82, 2.24) is 20.1 Å². The van der Waals surface area contributed by atoms with Gasteiger partial charge in [0, 0.05) is 22.5 Å². The van der Waals surface area contributed by atoms with E-state index in [2.05, 4.69) is 59.7 Å². The summed E-state index contributed by atoms with van der Waals surface area (Å²) in [5, 5.41) is 22.5. The fourth-order valence-corrected chi connectivity index (χ4v) is 5.63. The van der Waals surface area contributed by atoms with Gasteiger partial charge in [-0.3, -0.25) is 14.4 Å². The average molecular weight is 448 g/mol. The molecule has 0 bridgehead atoms. The molecule has 0 spiro atoms. The van der Waals surface area contributed by atoms with E-state index in [4.69, 9.17) is 4.99 Å². The third-order valence-electron chi connectivity index (χ3n) is 6.20. The lowest BCUT2D eigenvalue weighted by Gasteiger charge is -2.15. The van der Waals surface area contributed by atoms with Gasteiger partial charge in [-0.05, 0) is 50.4 Å². The van der Waals surface area contributed by atoms with Crippen LogP contribution in [0.2, 0.25) is 0 Å². The summed E-state index contributed by atoms with van der Waals surface area (Å²) in [6.45, 7) is 8.00. The Kier molecular flexibility index (Phi) is 5.27. The smallest absolute Gasteiger partial charge is 0.306 e. The summed E-state index contributed by atoms with van der Waals surface area (Å²) >= 11 is 1.68. The normalized spacial score (nSPS) is 17.8. The second-order valence-corrected chi connectivity index (χ2v) is 9.46. The van der Waals surface area contributed by atoms with E-state index in [1.165, 1.54) is 16.0 Å². The molecule has 2 aliphatic heterocycles. The first kappa shape index (κ1) is 20.8. The van der Waals surface area contributed by atoms with Gasteiger partial charge in [-0.25, -0.2) is 0 Å². The molecule has 0 amide bonds. The number of nitrogens with zero attached hydrogens (tertiary/aromatic N) is 4. The fourth-order valence-electron chi connectivity index (χ4n) is 4.42. The molecule has 0 fully saturated rings. The van der Waals surface area contributed by atoms with Gasteiger partial charge in [-0.2, -0.15) is 0 Å². The van der Waals surface area contributed by atoms with Crippen molar-refractivity contribution in [3.8, 4) is 5.00 Å². The van der Waals surface area contributed by atoms with E-state index < -0.39 is 12.0 Å². The standard InChI is InChI=1S/C24H25N5O2S/c1-13-14(2)32-24-21(13)22(18-6-4-16(5-7-18)17-8-10-25-11-9-17)26-19(12-20(30)31)23-28-27-15(3)29(23)24/h4-8,19,25H,9-12H2,1-3H3,(H,30,31)/t19-/m0/s1. The summed E-state index contributed by atoms with van der Waals surface area (Å²) in [5.41, 5.74) is 6.58. The predicted octanol–water partition coefficient (Wildman–Crippen LogP) is 4.00. The van der Waals surface area contributed by atoms with Crippen molar-refractivity contribution < 1.29 is 9.90 Å². The maximum Gasteiger partial charge on any atom is 0.306 e. The first-order valence-electron chi connectivity index (χ1n) is 10.8. The Balaban J connectivity index is 1.67. The molecule has 32 heavy (non-hydrogen) atoms. The van der Waals surface area contributed by atoms with E-state index in [1.54, 1.807) is 11.3 Å². The third-order valence-corrected chi connectivity index (χ3v) is 7.39. The predicted molar refractivity (Wildman–Crippen MR) is 126 cm³/mol. The van der Waals surface area contributed by atoms with Gasteiger partial charge < -0.3 is 10.4 Å². The molecule has 0 saturated carbocycles. The first-order valence-corrected chi connectivity index (χ1v) is 11.6. The molecule has 2 N–H and O–H groups in total. The van der Waals surface area contributed by atoms with Crippen LogP contribution in [0.5, 0.6) is 0 Å². The number of aromatic nitrogens is 3. The molecule has 8 heteroatoms. The molecule has 0 saturated heterocycles. The quantitative estimate of drug-likeness (QED) is 0.631. The van der Waals surface area contributed by atoms with Gasteiger partial charge in [0.05, 0.1) is 12.1 Å². The third kappa shape index (κ3) is 3.49. The van der Waals surface area contributed by atoms with E-state index in [9.17, 15) is 9.90 Å². The molecule has 4 heterocycles. The second-order valence-electron chi connectivity index (χ2n) is 8.26. The number of aliphatic carboxylic acids is 1. The molecule has 3 aromatic rings. The number of fused-ring (bicyclic) bond motifs is 3. The number of thiophene rings is 1. The molecule has 5 rings (SSSR count). The van der Waals surface area contributed by atoms with Crippen molar-refractivity contribution in [2.45, 2.75) is 39.7 Å². The number of hydrogen-bond donors (Lipinski definition) is 2. The monoisotopic (exact) mass is 447 g/mol. The second kappa shape index (κ2) is 8.11. The number of hydrogen-bond acceptors (Lipinski definition) is 6. The summed E-state index contributed by atoms with van der Waals surface area (Å²) in [4.78, 5) is 17.9. The Labute approximate surface area is 190 Å². The topological polar surface area (TPSA) is 92.4 Å². The summed E-state index contributed by atoms with van der Waals surface area (Å²) in [5.74, 6) is 0.415. The van der Waals surface area contributed by atoms with Crippen LogP contribution in [0.3, 0.4) is 0 Å². The van der Waals surface area contributed by atoms with Gasteiger partial charge in [-0.1, -0.05) is 30.3 Å².